The standard InChI is InChI=1S/C12H20O4/c1-10(15-8-11-4-2-6-13-11)16-9-12-5-3-7-14-12/h11-12H,1-9H2. The summed E-state index contributed by atoms with van der Waals surface area (Å²) in [5.74, 6) is 0.381. The first-order chi connectivity index (χ1) is 7.84. The second-order valence-electron chi connectivity index (χ2n) is 4.26. The minimum absolute atomic E-state index is 0.211. The van der Waals surface area contributed by atoms with Gasteiger partial charge in [-0.3, -0.25) is 0 Å². The average molecular weight is 228 g/mol. The summed E-state index contributed by atoms with van der Waals surface area (Å²) in [4.78, 5) is 0. The molecule has 2 fully saturated rings. The van der Waals surface area contributed by atoms with Crippen molar-refractivity contribution in [2.24, 2.45) is 0 Å². The first-order valence-corrected chi connectivity index (χ1v) is 6.02. The summed E-state index contributed by atoms with van der Waals surface area (Å²) in [5, 5.41) is 0. The van der Waals surface area contributed by atoms with Crippen LogP contribution in [0, 0.1) is 0 Å². The molecule has 2 unspecified atom stereocenters. The van der Waals surface area contributed by atoms with Crippen molar-refractivity contribution in [3.05, 3.63) is 12.5 Å². The highest BCUT2D eigenvalue weighted by molar-refractivity contribution is 4.74. The van der Waals surface area contributed by atoms with E-state index in [2.05, 4.69) is 6.58 Å². The van der Waals surface area contributed by atoms with E-state index in [1.54, 1.807) is 0 Å². The van der Waals surface area contributed by atoms with Gasteiger partial charge >= 0.3 is 0 Å². The minimum atomic E-state index is 0.211. The molecular formula is C12H20O4. The Morgan fingerprint density at radius 3 is 1.88 bits per heavy atom. The first-order valence-electron chi connectivity index (χ1n) is 6.02. The van der Waals surface area contributed by atoms with Crippen LogP contribution in [0.5, 0.6) is 0 Å². The van der Waals surface area contributed by atoms with Crippen molar-refractivity contribution in [1.29, 1.82) is 0 Å². The molecular weight excluding hydrogens is 208 g/mol. The summed E-state index contributed by atoms with van der Waals surface area (Å²) >= 11 is 0. The first kappa shape index (κ1) is 11.7. The van der Waals surface area contributed by atoms with Gasteiger partial charge in [0.15, 0.2) is 0 Å². The second kappa shape index (κ2) is 6.11. The van der Waals surface area contributed by atoms with Gasteiger partial charge in [-0.05, 0) is 32.3 Å². The predicted octanol–water partition coefficient (Wildman–Crippen LogP) is 1.85. The molecule has 0 bridgehead atoms. The maximum Gasteiger partial charge on any atom is 0.271 e. The molecule has 0 spiro atoms. The fraction of sp³-hybridized carbons (Fsp3) is 0.833. The molecule has 2 aliphatic heterocycles. The third-order valence-electron chi connectivity index (χ3n) is 2.91. The Balaban J connectivity index is 1.53. The van der Waals surface area contributed by atoms with Gasteiger partial charge in [0.05, 0.1) is 12.2 Å². The van der Waals surface area contributed by atoms with Gasteiger partial charge in [0.25, 0.3) is 5.95 Å². The van der Waals surface area contributed by atoms with E-state index in [0.29, 0.717) is 19.2 Å². The van der Waals surface area contributed by atoms with Crippen LogP contribution in [0.25, 0.3) is 0 Å². The zero-order chi connectivity index (χ0) is 11.2. The quantitative estimate of drug-likeness (QED) is 0.650. The molecule has 92 valence electrons. The van der Waals surface area contributed by atoms with Crippen LogP contribution in [0.3, 0.4) is 0 Å². The SMILES string of the molecule is C=C(OCC1CCCO1)OCC1CCCO1. The Labute approximate surface area is 96.5 Å². The van der Waals surface area contributed by atoms with E-state index in [-0.39, 0.29) is 12.2 Å². The van der Waals surface area contributed by atoms with Gasteiger partial charge in [-0.25, -0.2) is 0 Å². The van der Waals surface area contributed by atoms with Crippen LogP contribution in [0.2, 0.25) is 0 Å². The van der Waals surface area contributed by atoms with Crippen molar-refractivity contribution in [1.82, 2.24) is 0 Å². The molecule has 0 saturated carbocycles. The molecule has 2 rings (SSSR count). The predicted molar refractivity (Wildman–Crippen MR) is 59.0 cm³/mol. The van der Waals surface area contributed by atoms with Gasteiger partial charge in [0.2, 0.25) is 0 Å². The smallest absolute Gasteiger partial charge is 0.271 e. The van der Waals surface area contributed by atoms with Crippen molar-refractivity contribution in [3.63, 3.8) is 0 Å². The van der Waals surface area contributed by atoms with E-state index in [4.69, 9.17) is 18.9 Å². The van der Waals surface area contributed by atoms with Crippen molar-refractivity contribution in [3.8, 4) is 0 Å². The Kier molecular flexibility index (Phi) is 4.48. The van der Waals surface area contributed by atoms with Gasteiger partial charge in [0.1, 0.15) is 13.2 Å². The summed E-state index contributed by atoms with van der Waals surface area (Å²) in [7, 11) is 0. The molecule has 16 heavy (non-hydrogen) atoms. The molecule has 0 aromatic carbocycles. The lowest BCUT2D eigenvalue weighted by molar-refractivity contribution is -0.0388. The fourth-order valence-corrected chi connectivity index (χ4v) is 1.97. The summed E-state index contributed by atoms with van der Waals surface area (Å²) in [6.07, 6.45) is 4.80. The molecule has 0 amide bonds. The molecule has 2 heterocycles. The van der Waals surface area contributed by atoms with E-state index in [9.17, 15) is 0 Å². The lowest BCUT2D eigenvalue weighted by atomic mass is 10.2. The maximum absolute atomic E-state index is 5.43. The van der Waals surface area contributed by atoms with Crippen LogP contribution in [0.4, 0.5) is 0 Å². The summed E-state index contributed by atoms with van der Waals surface area (Å²) in [6, 6.07) is 0. The highest BCUT2D eigenvalue weighted by atomic mass is 16.7. The zero-order valence-corrected chi connectivity index (χ0v) is 9.65. The Morgan fingerprint density at radius 1 is 1.00 bits per heavy atom. The van der Waals surface area contributed by atoms with Gasteiger partial charge in [-0.2, -0.15) is 0 Å². The van der Waals surface area contributed by atoms with Crippen molar-refractivity contribution in [2.75, 3.05) is 26.4 Å². The summed E-state index contributed by atoms with van der Waals surface area (Å²) in [6.45, 7) is 6.50. The Bertz CT molecular complexity index is 195. The number of hydrogen-bond donors (Lipinski definition) is 0. The normalized spacial score (nSPS) is 29.2. The molecule has 0 aliphatic carbocycles. The monoisotopic (exact) mass is 228 g/mol. The summed E-state index contributed by atoms with van der Waals surface area (Å²) < 4.78 is 21.6. The van der Waals surface area contributed by atoms with Crippen LogP contribution in [-0.2, 0) is 18.9 Å². The van der Waals surface area contributed by atoms with Gasteiger partial charge < -0.3 is 18.9 Å². The summed E-state index contributed by atoms with van der Waals surface area (Å²) in [5.41, 5.74) is 0. The molecule has 2 aliphatic rings. The van der Waals surface area contributed by atoms with Crippen LogP contribution in [0.1, 0.15) is 25.7 Å². The highest BCUT2D eigenvalue weighted by Crippen LogP contribution is 2.15. The Morgan fingerprint density at radius 2 is 1.50 bits per heavy atom. The van der Waals surface area contributed by atoms with Gasteiger partial charge in [0, 0.05) is 13.2 Å². The fourth-order valence-electron chi connectivity index (χ4n) is 1.97. The zero-order valence-electron chi connectivity index (χ0n) is 9.65. The molecule has 0 radical (unpaired) electrons. The minimum Gasteiger partial charge on any atom is -0.463 e. The highest BCUT2D eigenvalue weighted by Gasteiger charge is 2.18. The average Bonchev–Trinajstić information content (AvgIpc) is 2.96. The Hall–Kier alpha value is -0.740. The van der Waals surface area contributed by atoms with E-state index < -0.39 is 0 Å². The van der Waals surface area contributed by atoms with Crippen molar-refractivity contribution < 1.29 is 18.9 Å². The molecule has 4 nitrogen and oxygen atoms in total. The van der Waals surface area contributed by atoms with Crippen molar-refractivity contribution in [2.45, 2.75) is 37.9 Å². The van der Waals surface area contributed by atoms with Gasteiger partial charge in [-0.1, -0.05) is 0 Å². The molecule has 2 atom stereocenters. The molecule has 2 saturated heterocycles. The second-order valence-corrected chi connectivity index (χ2v) is 4.26. The van der Waals surface area contributed by atoms with Crippen LogP contribution in [-0.4, -0.2) is 38.6 Å². The third-order valence-corrected chi connectivity index (χ3v) is 2.91. The lowest BCUT2D eigenvalue weighted by Crippen LogP contribution is -2.17. The number of ether oxygens (including phenoxy) is 4. The van der Waals surface area contributed by atoms with Gasteiger partial charge in [-0.15, -0.1) is 0 Å². The van der Waals surface area contributed by atoms with E-state index in [0.717, 1.165) is 38.9 Å². The third kappa shape index (κ3) is 3.68. The van der Waals surface area contributed by atoms with E-state index in [1.165, 1.54) is 0 Å². The number of hydrogen-bond acceptors (Lipinski definition) is 4. The topological polar surface area (TPSA) is 36.9 Å². The van der Waals surface area contributed by atoms with E-state index in [1.807, 2.05) is 0 Å². The van der Waals surface area contributed by atoms with E-state index >= 15 is 0 Å². The molecule has 0 N–H and O–H groups in total. The maximum atomic E-state index is 5.43. The largest absolute Gasteiger partial charge is 0.463 e. The molecule has 4 heteroatoms. The lowest BCUT2D eigenvalue weighted by Gasteiger charge is -2.15. The van der Waals surface area contributed by atoms with Crippen LogP contribution in [0.15, 0.2) is 12.5 Å². The van der Waals surface area contributed by atoms with Crippen LogP contribution >= 0.6 is 0 Å². The van der Waals surface area contributed by atoms with Crippen LogP contribution < -0.4 is 0 Å². The molecule has 0 aromatic heterocycles. The number of rotatable bonds is 6. The molecule has 0 aromatic rings. The van der Waals surface area contributed by atoms with Crippen molar-refractivity contribution >= 4 is 0 Å².